The molecule has 2 N–H and O–H groups in total. The van der Waals surface area contributed by atoms with Crippen molar-refractivity contribution in [3.05, 3.63) is 22.8 Å². The summed E-state index contributed by atoms with van der Waals surface area (Å²) in [7, 11) is 0. The number of halogens is 4. The summed E-state index contributed by atoms with van der Waals surface area (Å²) >= 11 is 5.55. The maximum atomic E-state index is 12.5. The molecule has 1 heterocycles. The second-order valence-electron chi connectivity index (χ2n) is 3.97. The minimum Gasteiger partial charge on any atom is -0.396 e. The molecule has 1 atom stereocenters. The molecule has 3 nitrogen and oxygen atoms in total. The summed E-state index contributed by atoms with van der Waals surface area (Å²) in [5.74, 6) is 0.0836. The summed E-state index contributed by atoms with van der Waals surface area (Å²) in [5, 5.41) is 11.3. The van der Waals surface area contributed by atoms with Gasteiger partial charge in [0.1, 0.15) is 11.0 Å². The van der Waals surface area contributed by atoms with Gasteiger partial charge in [-0.05, 0) is 31.9 Å². The number of anilines is 1. The summed E-state index contributed by atoms with van der Waals surface area (Å²) in [6.45, 7) is 1.84. The Morgan fingerprint density at radius 3 is 2.67 bits per heavy atom. The van der Waals surface area contributed by atoms with Gasteiger partial charge in [0.15, 0.2) is 0 Å². The van der Waals surface area contributed by atoms with E-state index >= 15 is 0 Å². The molecule has 1 rings (SSSR count). The van der Waals surface area contributed by atoms with E-state index in [0.29, 0.717) is 12.8 Å². The number of hydrogen-bond donors (Lipinski definition) is 2. The summed E-state index contributed by atoms with van der Waals surface area (Å²) in [5.41, 5.74) is -0.834. The zero-order valence-electron chi connectivity index (χ0n) is 9.76. The monoisotopic (exact) mass is 282 g/mol. The largest absolute Gasteiger partial charge is 0.416 e. The molecule has 0 aliphatic rings. The third kappa shape index (κ3) is 4.70. The van der Waals surface area contributed by atoms with Gasteiger partial charge >= 0.3 is 6.18 Å². The van der Waals surface area contributed by atoms with E-state index in [1.54, 1.807) is 6.92 Å². The van der Waals surface area contributed by atoms with Gasteiger partial charge in [0.2, 0.25) is 0 Å². The van der Waals surface area contributed by atoms with Crippen molar-refractivity contribution in [2.75, 3.05) is 11.9 Å². The molecule has 1 aromatic rings. The molecule has 0 amide bonds. The Morgan fingerprint density at radius 2 is 2.11 bits per heavy atom. The molecule has 0 bridgehead atoms. The minimum absolute atomic E-state index is 0.0444. The second kappa shape index (κ2) is 6.24. The molecular formula is C11H14ClF3N2O. The van der Waals surface area contributed by atoms with E-state index in [2.05, 4.69) is 10.3 Å². The highest BCUT2D eigenvalue weighted by Crippen LogP contribution is 2.32. The lowest BCUT2D eigenvalue weighted by Gasteiger charge is -2.15. The number of alkyl halides is 3. The van der Waals surface area contributed by atoms with E-state index in [1.165, 1.54) is 0 Å². The Kier molecular flexibility index (Phi) is 5.22. The van der Waals surface area contributed by atoms with Gasteiger partial charge in [-0.1, -0.05) is 11.6 Å². The normalized spacial score (nSPS) is 13.4. The predicted octanol–water partition coefficient (Wildman–Crippen LogP) is 3.33. The number of aliphatic hydroxyl groups is 1. The molecule has 18 heavy (non-hydrogen) atoms. The Balaban J connectivity index is 2.80. The smallest absolute Gasteiger partial charge is 0.396 e. The summed E-state index contributed by atoms with van der Waals surface area (Å²) in [6.07, 6.45) is -3.25. The first kappa shape index (κ1) is 15.0. The molecular weight excluding hydrogens is 269 g/mol. The van der Waals surface area contributed by atoms with Crippen molar-refractivity contribution >= 4 is 17.4 Å². The molecule has 1 aromatic heterocycles. The zero-order valence-corrected chi connectivity index (χ0v) is 10.5. The van der Waals surface area contributed by atoms with Crippen LogP contribution in [0.4, 0.5) is 19.0 Å². The lowest BCUT2D eigenvalue weighted by molar-refractivity contribution is -0.137. The van der Waals surface area contributed by atoms with E-state index in [4.69, 9.17) is 16.7 Å². The van der Waals surface area contributed by atoms with Crippen LogP contribution in [0.3, 0.4) is 0 Å². The van der Waals surface area contributed by atoms with Crippen molar-refractivity contribution in [1.29, 1.82) is 0 Å². The van der Waals surface area contributed by atoms with Crippen LogP contribution in [0.1, 0.15) is 25.3 Å². The van der Waals surface area contributed by atoms with Crippen molar-refractivity contribution < 1.29 is 18.3 Å². The van der Waals surface area contributed by atoms with E-state index in [-0.39, 0.29) is 23.6 Å². The van der Waals surface area contributed by atoms with E-state index in [9.17, 15) is 13.2 Å². The SMILES string of the molecule is CC(CCCO)Nc1cc(C(F)(F)F)cc(Cl)n1. The number of nitrogens with zero attached hydrogens (tertiary/aromatic N) is 1. The lowest BCUT2D eigenvalue weighted by atomic mass is 10.2. The Bertz CT molecular complexity index is 398. The Hall–Kier alpha value is -1.01. The van der Waals surface area contributed by atoms with E-state index < -0.39 is 11.7 Å². The van der Waals surface area contributed by atoms with Crippen LogP contribution in [0.2, 0.25) is 5.15 Å². The van der Waals surface area contributed by atoms with Gasteiger partial charge in [-0.25, -0.2) is 4.98 Å². The van der Waals surface area contributed by atoms with E-state index in [1.807, 2.05) is 0 Å². The molecule has 0 saturated carbocycles. The van der Waals surface area contributed by atoms with Gasteiger partial charge in [0.25, 0.3) is 0 Å². The van der Waals surface area contributed by atoms with Gasteiger partial charge < -0.3 is 10.4 Å². The predicted molar refractivity (Wildman–Crippen MR) is 63.7 cm³/mol. The zero-order chi connectivity index (χ0) is 13.8. The molecule has 102 valence electrons. The second-order valence-corrected chi connectivity index (χ2v) is 4.36. The summed E-state index contributed by atoms with van der Waals surface area (Å²) in [4.78, 5) is 3.79. The third-order valence-corrected chi connectivity index (χ3v) is 2.50. The highest BCUT2D eigenvalue weighted by Gasteiger charge is 2.31. The van der Waals surface area contributed by atoms with Crippen LogP contribution in [0.15, 0.2) is 12.1 Å². The first-order chi connectivity index (χ1) is 8.32. The van der Waals surface area contributed by atoms with Crippen molar-refractivity contribution in [2.24, 2.45) is 0 Å². The third-order valence-electron chi connectivity index (χ3n) is 2.31. The molecule has 0 aromatic carbocycles. The van der Waals surface area contributed by atoms with Gasteiger partial charge in [0, 0.05) is 12.6 Å². The fraction of sp³-hybridized carbons (Fsp3) is 0.545. The Morgan fingerprint density at radius 1 is 1.44 bits per heavy atom. The van der Waals surface area contributed by atoms with Crippen LogP contribution < -0.4 is 5.32 Å². The molecule has 1 unspecified atom stereocenters. The molecule has 7 heteroatoms. The van der Waals surface area contributed by atoms with Crippen molar-refractivity contribution in [1.82, 2.24) is 4.98 Å². The summed E-state index contributed by atoms with van der Waals surface area (Å²) < 4.78 is 37.6. The number of aliphatic hydroxyl groups excluding tert-OH is 1. The molecule has 0 radical (unpaired) electrons. The number of aromatic nitrogens is 1. The fourth-order valence-corrected chi connectivity index (χ4v) is 1.67. The molecule has 0 aliphatic heterocycles. The molecule has 0 aliphatic carbocycles. The molecule has 0 spiro atoms. The van der Waals surface area contributed by atoms with E-state index in [0.717, 1.165) is 12.1 Å². The van der Waals surface area contributed by atoms with Crippen LogP contribution >= 0.6 is 11.6 Å². The Labute approximate surface area is 108 Å². The first-order valence-electron chi connectivity index (χ1n) is 5.45. The van der Waals surface area contributed by atoms with Crippen LogP contribution in [0, 0.1) is 0 Å². The van der Waals surface area contributed by atoms with Crippen LogP contribution in [0.5, 0.6) is 0 Å². The molecule has 0 fully saturated rings. The quantitative estimate of drug-likeness (QED) is 0.814. The van der Waals surface area contributed by atoms with Crippen molar-refractivity contribution in [3.8, 4) is 0 Å². The minimum atomic E-state index is -4.45. The number of rotatable bonds is 5. The topological polar surface area (TPSA) is 45.1 Å². The lowest BCUT2D eigenvalue weighted by Crippen LogP contribution is -2.17. The maximum Gasteiger partial charge on any atom is 0.416 e. The van der Waals surface area contributed by atoms with Crippen molar-refractivity contribution in [3.63, 3.8) is 0 Å². The van der Waals surface area contributed by atoms with Gasteiger partial charge in [-0.3, -0.25) is 0 Å². The highest BCUT2D eigenvalue weighted by molar-refractivity contribution is 6.29. The highest BCUT2D eigenvalue weighted by atomic mass is 35.5. The van der Waals surface area contributed by atoms with Gasteiger partial charge in [0.05, 0.1) is 5.56 Å². The first-order valence-corrected chi connectivity index (χ1v) is 5.83. The van der Waals surface area contributed by atoms with Gasteiger partial charge in [-0.2, -0.15) is 13.2 Å². The van der Waals surface area contributed by atoms with Crippen LogP contribution in [-0.4, -0.2) is 22.7 Å². The molecule has 0 saturated heterocycles. The van der Waals surface area contributed by atoms with Crippen LogP contribution in [-0.2, 0) is 6.18 Å². The van der Waals surface area contributed by atoms with Gasteiger partial charge in [-0.15, -0.1) is 0 Å². The number of nitrogens with one attached hydrogen (secondary N) is 1. The average Bonchev–Trinajstić information content (AvgIpc) is 2.24. The number of hydrogen-bond acceptors (Lipinski definition) is 3. The summed E-state index contributed by atoms with van der Waals surface area (Å²) in [6, 6.07) is 1.61. The standard InChI is InChI=1S/C11H14ClF3N2O/c1-7(3-2-4-18)16-10-6-8(11(13,14)15)5-9(12)17-10/h5-7,18H,2-4H2,1H3,(H,16,17). The number of pyridine rings is 1. The van der Waals surface area contributed by atoms with Crippen molar-refractivity contribution in [2.45, 2.75) is 32.0 Å². The average molecular weight is 283 g/mol. The maximum absolute atomic E-state index is 12.5. The van der Waals surface area contributed by atoms with Crippen LogP contribution in [0.25, 0.3) is 0 Å². The fourth-order valence-electron chi connectivity index (χ4n) is 1.46.